The summed E-state index contributed by atoms with van der Waals surface area (Å²) in [7, 11) is 0. The smallest absolute Gasteiger partial charge is 0.200 e. The molecule has 0 radical (unpaired) electrons. The van der Waals surface area contributed by atoms with Gasteiger partial charge in [-0.3, -0.25) is 0 Å². The van der Waals surface area contributed by atoms with Crippen LogP contribution < -0.4 is 0 Å². The molecule has 0 bridgehead atoms. The van der Waals surface area contributed by atoms with Gasteiger partial charge in [0.05, 0.1) is 0 Å². The van der Waals surface area contributed by atoms with Crippen LogP contribution in [0.3, 0.4) is 0 Å². The zero-order valence-corrected chi connectivity index (χ0v) is 20.0. The zero-order chi connectivity index (χ0) is 25.6. The Morgan fingerprint density at radius 3 is 1.41 bits per heavy atom. The third-order valence-electron chi connectivity index (χ3n) is 8.24. The van der Waals surface area contributed by atoms with E-state index in [9.17, 15) is 39.5 Å². The first-order chi connectivity index (χ1) is 15.7. The Bertz CT molecular complexity index is 584. The van der Waals surface area contributed by atoms with Gasteiger partial charge in [-0.15, -0.1) is 0 Å². The molecule has 0 amide bonds. The van der Waals surface area contributed by atoms with Crippen LogP contribution in [-0.4, -0.2) is 23.9 Å². The lowest BCUT2D eigenvalue weighted by Gasteiger charge is -2.38. The number of hydrogen-bond acceptors (Lipinski definition) is 0. The topological polar surface area (TPSA) is 0 Å². The average molecular weight is 511 g/mol. The summed E-state index contributed by atoms with van der Waals surface area (Å²) in [6, 6.07) is 0. The molecule has 0 unspecified atom stereocenters. The van der Waals surface area contributed by atoms with Gasteiger partial charge in [0.15, 0.2) is 0 Å². The number of hydrogen-bond donors (Lipinski definition) is 0. The number of unbranched alkanes of at least 4 members (excludes halogenated alkanes) is 4. The summed E-state index contributed by atoms with van der Waals surface area (Å²) in [5.41, 5.74) is 0. The van der Waals surface area contributed by atoms with Crippen molar-refractivity contribution in [1.82, 2.24) is 0 Å². The van der Waals surface area contributed by atoms with E-state index in [1.807, 2.05) is 0 Å². The first-order valence-electron chi connectivity index (χ1n) is 12.9. The Kier molecular flexibility index (Phi) is 10.5. The van der Waals surface area contributed by atoms with E-state index in [1.165, 1.54) is 51.4 Å². The van der Waals surface area contributed by atoms with Gasteiger partial charge in [-0.2, -0.15) is 39.5 Å². The predicted molar refractivity (Wildman–Crippen MR) is 114 cm³/mol. The van der Waals surface area contributed by atoms with E-state index in [2.05, 4.69) is 6.92 Å². The first-order valence-corrected chi connectivity index (χ1v) is 12.9. The van der Waals surface area contributed by atoms with Crippen LogP contribution in [0.4, 0.5) is 39.5 Å². The summed E-state index contributed by atoms with van der Waals surface area (Å²) in [4.78, 5) is 0. The third kappa shape index (κ3) is 7.21. The van der Waals surface area contributed by atoms with Crippen molar-refractivity contribution in [1.29, 1.82) is 0 Å². The molecule has 0 saturated heterocycles. The molecule has 2 aliphatic rings. The largest absolute Gasteiger partial charge is 0.460 e. The van der Waals surface area contributed by atoms with E-state index in [-0.39, 0.29) is 5.92 Å². The first kappa shape index (κ1) is 29.6. The average Bonchev–Trinajstić information content (AvgIpc) is 2.77. The van der Waals surface area contributed by atoms with Gasteiger partial charge in [0.2, 0.25) is 0 Å². The van der Waals surface area contributed by atoms with Crippen LogP contribution in [0.1, 0.15) is 110 Å². The minimum atomic E-state index is -6.78. The van der Waals surface area contributed by atoms with Crippen LogP contribution in [-0.2, 0) is 0 Å². The highest BCUT2D eigenvalue weighted by molar-refractivity contribution is 5.00. The van der Waals surface area contributed by atoms with Crippen molar-refractivity contribution in [3.63, 3.8) is 0 Å². The van der Waals surface area contributed by atoms with Crippen LogP contribution in [0.5, 0.6) is 0 Å². The minimum Gasteiger partial charge on any atom is -0.200 e. The molecule has 9 heteroatoms. The van der Waals surface area contributed by atoms with Crippen molar-refractivity contribution in [3.8, 4) is 0 Å². The Morgan fingerprint density at radius 2 is 0.971 bits per heavy atom. The number of alkyl halides is 9. The fourth-order valence-electron chi connectivity index (χ4n) is 5.88. The van der Waals surface area contributed by atoms with E-state index in [0.29, 0.717) is 24.7 Å². The van der Waals surface area contributed by atoms with Crippen LogP contribution in [0.2, 0.25) is 0 Å². The van der Waals surface area contributed by atoms with Crippen molar-refractivity contribution in [2.75, 3.05) is 0 Å². The van der Waals surface area contributed by atoms with E-state index < -0.39 is 36.8 Å². The van der Waals surface area contributed by atoms with Crippen LogP contribution in [0.15, 0.2) is 0 Å². The van der Waals surface area contributed by atoms with Crippen molar-refractivity contribution in [2.24, 2.45) is 23.7 Å². The Morgan fingerprint density at radius 1 is 0.529 bits per heavy atom. The van der Waals surface area contributed by atoms with Crippen LogP contribution >= 0.6 is 0 Å². The Balaban J connectivity index is 1.72. The van der Waals surface area contributed by atoms with Crippen LogP contribution in [0, 0.1) is 23.7 Å². The monoisotopic (exact) mass is 510 g/mol. The molecule has 2 aliphatic carbocycles. The fraction of sp³-hybridized carbons (Fsp3) is 1.00. The maximum absolute atomic E-state index is 13.8. The lowest BCUT2D eigenvalue weighted by atomic mass is 9.68. The molecule has 0 aliphatic heterocycles. The molecule has 0 spiro atoms. The van der Waals surface area contributed by atoms with E-state index >= 15 is 0 Å². The summed E-state index contributed by atoms with van der Waals surface area (Å²) >= 11 is 0. The Labute approximate surface area is 197 Å². The van der Waals surface area contributed by atoms with Gasteiger partial charge in [0, 0.05) is 6.42 Å². The molecule has 0 nitrogen and oxygen atoms in total. The molecule has 202 valence electrons. The van der Waals surface area contributed by atoms with Gasteiger partial charge in [-0.05, 0) is 55.8 Å². The number of rotatable bonds is 12. The molecule has 0 aromatic rings. The quantitative estimate of drug-likeness (QED) is 0.181. The Hall–Kier alpha value is -0.630. The van der Waals surface area contributed by atoms with Gasteiger partial charge in [-0.25, -0.2) is 0 Å². The van der Waals surface area contributed by atoms with Gasteiger partial charge < -0.3 is 0 Å². The summed E-state index contributed by atoms with van der Waals surface area (Å²) < 4.78 is 117. The molecule has 34 heavy (non-hydrogen) atoms. The molecular formula is C25H39F9. The van der Waals surface area contributed by atoms with Crippen molar-refractivity contribution < 1.29 is 39.5 Å². The normalized spacial score (nSPS) is 27.7. The van der Waals surface area contributed by atoms with E-state index in [4.69, 9.17) is 0 Å². The lowest BCUT2D eigenvalue weighted by molar-refractivity contribution is -0.397. The maximum Gasteiger partial charge on any atom is 0.460 e. The minimum absolute atomic E-state index is 0.350. The van der Waals surface area contributed by atoms with Crippen LogP contribution in [0.25, 0.3) is 0 Å². The highest BCUT2D eigenvalue weighted by Crippen LogP contribution is 2.55. The van der Waals surface area contributed by atoms with Gasteiger partial charge in [0.25, 0.3) is 0 Å². The van der Waals surface area contributed by atoms with Crippen molar-refractivity contribution in [2.45, 2.75) is 134 Å². The fourth-order valence-corrected chi connectivity index (χ4v) is 5.88. The second kappa shape index (κ2) is 12.1. The molecule has 2 saturated carbocycles. The molecule has 0 aromatic carbocycles. The van der Waals surface area contributed by atoms with Crippen molar-refractivity contribution in [3.05, 3.63) is 0 Å². The van der Waals surface area contributed by atoms with Gasteiger partial charge in [0.1, 0.15) is 0 Å². The second-order valence-corrected chi connectivity index (χ2v) is 10.7. The molecule has 2 rings (SSSR count). The zero-order valence-electron chi connectivity index (χ0n) is 20.0. The highest BCUT2D eigenvalue weighted by atomic mass is 19.4. The van der Waals surface area contributed by atoms with Crippen molar-refractivity contribution >= 4 is 0 Å². The molecule has 0 N–H and O–H groups in total. The molecule has 0 aromatic heterocycles. The number of halogens is 9. The van der Waals surface area contributed by atoms with Gasteiger partial charge >= 0.3 is 23.9 Å². The maximum atomic E-state index is 13.8. The molecular weight excluding hydrogens is 471 g/mol. The summed E-state index contributed by atoms with van der Waals surface area (Å²) in [6.45, 7) is 2.20. The predicted octanol–water partition coefficient (Wildman–Crippen LogP) is 10.2. The van der Waals surface area contributed by atoms with E-state index in [1.54, 1.807) is 0 Å². The summed E-state index contributed by atoms with van der Waals surface area (Å²) in [5.74, 6) is -17.2. The lowest BCUT2D eigenvalue weighted by Crippen LogP contribution is -2.60. The SMILES string of the molecule is CCCCCCC[C@H]1CC[C@H](C2CCC(CCC(F)(F)C(F)(F)C(F)(F)C(F)(F)F)CC2)CC1. The molecule has 0 atom stereocenters. The second-order valence-electron chi connectivity index (χ2n) is 10.7. The molecule has 2 fully saturated rings. The summed E-state index contributed by atoms with van der Waals surface area (Å²) in [6.07, 6.45) is 6.05. The third-order valence-corrected chi connectivity index (χ3v) is 8.24. The standard InChI is InChI=1S/C25H39F9/c1-2-3-4-5-6-7-18-8-12-20(13-9-18)21-14-10-19(11-15-21)16-17-22(26,27)23(28,29)24(30,31)25(32,33)34/h18-21H,2-17H2,1H3/t18-,19?,20-,21?. The molecule has 0 heterocycles. The highest BCUT2D eigenvalue weighted by Gasteiger charge is 2.81. The van der Waals surface area contributed by atoms with Gasteiger partial charge in [-0.1, -0.05) is 71.1 Å². The van der Waals surface area contributed by atoms with E-state index in [0.717, 1.165) is 31.6 Å². The summed E-state index contributed by atoms with van der Waals surface area (Å²) in [5, 5.41) is 0.